The number of fused-ring (bicyclic) bond motifs is 1. The van der Waals surface area contributed by atoms with Crippen molar-refractivity contribution in [1.82, 2.24) is 0 Å². The molecule has 0 radical (unpaired) electrons. The van der Waals surface area contributed by atoms with E-state index in [0.717, 1.165) is 22.0 Å². The number of benzene rings is 1. The number of rotatable bonds is 1. The second-order valence-corrected chi connectivity index (χ2v) is 7.63. The minimum absolute atomic E-state index is 0.283. The number of hydrogen-bond donors (Lipinski definition) is 0. The number of hydrogen-bond acceptors (Lipinski definition) is 2. The molecule has 1 saturated heterocycles. The van der Waals surface area contributed by atoms with Gasteiger partial charge in [0.25, 0.3) is 0 Å². The highest BCUT2D eigenvalue weighted by atomic mass is 79.9. The van der Waals surface area contributed by atoms with Crippen molar-refractivity contribution in [3.05, 3.63) is 39.5 Å². The molecule has 0 amide bonds. The highest BCUT2D eigenvalue weighted by Gasteiger charge is 2.53. The van der Waals surface area contributed by atoms with Crippen LogP contribution in [0.4, 0.5) is 4.39 Å². The molecule has 0 atom stereocenters. The molecule has 3 rings (SSSR count). The first-order valence-corrected chi connectivity index (χ1v) is 8.03. The van der Waals surface area contributed by atoms with E-state index in [9.17, 15) is 4.39 Å². The van der Waals surface area contributed by atoms with E-state index in [1.165, 1.54) is 5.56 Å². The van der Waals surface area contributed by atoms with Gasteiger partial charge in [0.05, 0.1) is 11.2 Å². The summed E-state index contributed by atoms with van der Waals surface area (Å²) in [6.45, 7) is 7.74. The Morgan fingerprint density at radius 3 is 2.38 bits per heavy atom. The van der Waals surface area contributed by atoms with Crippen molar-refractivity contribution in [1.29, 1.82) is 0 Å². The van der Waals surface area contributed by atoms with Crippen molar-refractivity contribution in [2.45, 2.75) is 51.7 Å². The van der Waals surface area contributed by atoms with Crippen LogP contribution in [0.3, 0.4) is 0 Å². The van der Waals surface area contributed by atoms with Crippen molar-refractivity contribution >= 4 is 28.6 Å². The van der Waals surface area contributed by atoms with Gasteiger partial charge < -0.3 is 9.31 Å². The molecule has 1 heterocycles. The van der Waals surface area contributed by atoms with Gasteiger partial charge >= 0.3 is 7.12 Å². The first-order chi connectivity index (χ1) is 9.71. The van der Waals surface area contributed by atoms with E-state index in [1.54, 1.807) is 0 Å². The zero-order valence-electron chi connectivity index (χ0n) is 12.8. The first-order valence-electron chi connectivity index (χ1n) is 7.24. The predicted molar refractivity (Wildman–Crippen MR) is 86.6 cm³/mol. The topological polar surface area (TPSA) is 18.5 Å². The maximum absolute atomic E-state index is 14.9. The molecule has 1 aliphatic heterocycles. The van der Waals surface area contributed by atoms with Crippen LogP contribution in [0, 0.1) is 0 Å². The van der Waals surface area contributed by atoms with Crippen LogP contribution in [0.5, 0.6) is 0 Å². The molecule has 21 heavy (non-hydrogen) atoms. The third-order valence-electron chi connectivity index (χ3n) is 4.79. The Morgan fingerprint density at radius 2 is 1.76 bits per heavy atom. The average molecular weight is 353 g/mol. The van der Waals surface area contributed by atoms with E-state index < -0.39 is 18.3 Å². The Labute approximate surface area is 134 Å². The van der Waals surface area contributed by atoms with E-state index >= 15 is 0 Å². The van der Waals surface area contributed by atoms with Gasteiger partial charge in [-0.15, -0.1) is 0 Å². The number of aryl methyl sites for hydroxylation is 1. The normalized spacial score (nSPS) is 25.1. The monoisotopic (exact) mass is 352 g/mol. The van der Waals surface area contributed by atoms with Crippen molar-refractivity contribution in [2.24, 2.45) is 0 Å². The van der Waals surface area contributed by atoms with Gasteiger partial charge in [-0.3, -0.25) is 0 Å². The summed E-state index contributed by atoms with van der Waals surface area (Å²) in [4.78, 5) is 0. The van der Waals surface area contributed by atoms with Crippen LogP contribution in [0.2, 0.25) is 0 Å². The van der Waals surface area contributed by atoms with Crippen LogP contribution in [-0.2, 0) is 15.7 Å². The Kier molecular flexibility index (Phi) is 3.58. The van der Waals surface area contributed by atoms with E-state index in [1.807, 2.05) is 39.8 Å². The Morgan fingerprint density at radius 1 is 1.14 bits per heavy atom. The summed E-state index contributed by atoms with van der Waals surface area (Å²) in [5, 5.41) is 0. The molecule has 0 N–H and O–H groups in total. The predicted octanol–water partition coefficient (Wildman–Crippen LogP) is 4.71. The fraction of sp³-hybridized carbons (Fsp3) is 0.500. The van der Waals surface area contributed by atoms with Crippen LogP contribution in [0.15, 0.2) is 28.4 Å². The van der Waals surface area contributed by atoms with Gasteiger partial charge in [-0.2, -0.15) is 0 Å². The Balaban J connectivity index is 1.96. The second kappa shape index (κ2) is 4.93. The molecule has 0 aromatic heterocycles. The van der Waals surface area contributed by atoms with Crippen molar-refractivity contribution < 1.29 is 13.7 Å². The molecule has 0 unspecified atom stereocenters. The molecule has 112 valence electrons. The maximum Gasteiger partial charge on any atom is 0.525 e. The fourth-order valence-electron chi connectivity index (χ4n) is 2.79. The molecule has 0 bridgehead atoms. The van der Waals surface area contributed by atoms with Gasteiger partial charge in [-0.1, -0.05) is 22.0 Å². The lowest BCUT2D eigenvalue weighted by molar-refractivity contribution is 0.00578. The molecule has 1 aromatic rings. The van der Waals surface area contributed by atoms with Crippen molar-refractivity contribution in [3.63, 3.8) is 0 Å². The second-order valence-electron chi connectivity index (χ2n) is 6.72. The maximum atomic E-state index is 14.9. The average Bonchev–Trinajstić information content (AvgIpc) is 2.87. The van der Waals surface area contributed by atoms with Gasteiger partial charge in [0.1, 0.15) is 5.73 Å². The molecule has 1 aromatic carbocycles. The lowest BCUT2D eigenvalue weighted by atomic mass is 9.83. The van der Waals surface area contributed by atoms with Crippen LogP contribution in [-0.4, -0.2) is 18.3 Å². The van der Waals surface area contributed by atoms with Gasteiger partial charge in [0.2, 0.25) is 0 Å². The molecule has 1 fully saturated rings. The van der Waals surface area contributed by atoms with Crippen molar-refractivity contribution in [2.75, 3.05) is 0 Å². The molecule has 1 aliphatic carbocycles. The summed E-state index contributed by atoms with van der Waals surface area (Å²) in [6, 6.07) is 5.97. The standard InChI is InChI=1S/C16H19BBrFO2/c1-15(2)16(3,4)21-17(20-15)14(19)13-7-5-10-9-11(18)6-8-12(10)13/h6,8-9H,5,7H2,1-4H3. The van der Waals surface area contributed by atoms with Gasteiger partial charge in [0.15, 0.2) is 0 Å². The largest absolute Gasteiger partial charge is 0.525 e. The van der Waals surface area contributed by atoms with Crippen LogP contribution in [0.25, 0.3) is 5.57 Å². The van der Waals surface area contributed by atoms with Crippen LogP contribution < -0.4 is 0 Å². The molecule has 5 heteroatoms. The third kappa shape index (κ3) is 2.49. The van der Waals surface area contributed by atoms with E-state index in [0.29, 0.717) is 6.42 Å². The lowest BCUT2D eigenvalue weighted by Crippen LogP contribution is -2.41. The number of halogens is 2. The molecular weight excluding hydrogens is 334 g/mol. The summed E-state index contributed by atoms with van der Waals surface area (Å²) in [5.41, 5.74) is 1.55. The summed E-state index contributed by atoms with van der Waals surface area (Å²) < 4.78 is 27.5. The Bertz CT molecular complexity index is 609. The molecule has 2 nitrogen and oxygen atoms in total. The first kappa shape index (κ1) is 15.3. The molecular formula is C16H19BBrFO2. The van der Waals surface area contributed by atoms with Crippen LogP contribution >= 0.6 is 15.9 Å². The molecule has 0 saturated carbocycles. The highest BCUT2D eigenvalue weighted by Crippen LogP contribution is 2.43. The SMILES string of the molecule is CC1(C)OB(C(F)=C2CCc3cc(Br)ccc32)OC1(C)C. The van der Waals surface area contributed by atoms with Gasteiger partial charge in [-0.05, 0) is 69.4 Å². The lowest BCUT2D eigenvalue weighted by Gasteiger charge is -2.32. The summed E-state index contributed by atoms with van der Waals surface area (Å²) in [6.07, 6.45) is 1.55. The summed E-state index contributed by atoms with van der Waals surface area (Å²) in [7, 11) is -0.903. The van der Waals surface area contributed by atoms with Gasteiger partial charge in [-0.25, -0.2) is 4.39 Å². The fourth-order valence-corrected chi connectivity index (χ4v) is 3.20. The minimum Gasteiger partial charge on any atom is -0.398 e. The van der Waals surface area contributed by atoms with E-state index in [2.05, 4.69) is 22.0 Å². The van der Waals surface area contributed by atoms with Gasteiger partial charge in [0, 0.05) is 4.47 Å². The summed E-state index contributed by atoms with van der Waals surface area (Å²) in [5.74, 6) is 0. The summed E-state index contributed by atoms with van der Waals surface area (Å²) >= 11 is 3.46. The van der Waals surface area contributed by atoms with Crippen molar-refractivity contribution in [3.8, 4) is 0 Å². The van der Waals surface area contributed by atoms with E-state index in [4.69, 9.17) is 9.31 Å². The quantitative estimate of drug-likeness (QED) is 0.681. The molecule has 2 aliphatic rings. The molecule has 0 spiro atoms. The zero-order valence-corrected chi connectivity index (χ0v) is 14.4. The minimum atomic E-state index is -0.903. The smallest absolute Gasteiger partial charge is 0.398 e. The Hall–Kier alpha value is -0.645. The third-order valence-corrected chi connectivity index (χ3v) is 5.28. The van der Waals surface area contributed by atoms with Crippen LogP contribution in [0.1, 0.15) is 45.2 Å². The highest BCUT2D eigenvalue weighted by molar-refractivity contribution is 9.10. The zero-order chi connectivity index (χ0) is 15.4. The number of allylic oxidation sites excluding steroid dienone is 1. The van der Waals surface area contributed by atoms with E-state index in [-0.39, 0.29) is 5.73 Å².